The molecule has 1 unspecified atom stereocenters. The van der Waals surface area contributed by atoms with E-state index in [2.05, 4.69) is 23.6 Å². The fraction of sp³-hybridized carbons (Fsp3) is 0.700. The molecule has 2 rings (SSSR count). The van der Waals surface area contributed by atoms with Gasteiger partial charge >= 0.3 is 0 Å². The highest BCUT2D eigenvalue weighted by atomic mass is 16.3. The molecule has 1 aliphatic rings. The first-order valence-corrected chi connectivity index (χ1v) is 4.92. The van der Waals surface area contributed by atoms with Crippen molar-refractivity contribution in [2.45, 2.75) is 45.3 Å². The first-order chi connectivity index (χ1) is 6.18. The Hall–Kier alpha value is -0.830. The quantitative estimate of drug-likeness (QED) is 0.707. The average molecular weight is 180 g/mol. The van der Waals surface area contributed by atoms with Gasteiger partial charge in [-0.25, -0.2) is 0 Å². The van der Waals surface area contributed by atoms with Crippen LogP contribution in [0.5, 0.6) is 0 Å². The Balaban J connectivity index is 2.33. The average Bonchev–Trinajstić information content (AvgIpc) is 2.46. The third-order valence-electron chi connectivity index (χ3n) is 2.64. The zero-order valence-corrected chi connectivity index (χ0v) is 8.20. The molecule has 0 amide bonds. The summed E-state index contributed by atoms with van der Waals surface area (Å²) >= 11 is 0. The van der Waals surface area contributed by atoms with Crippen molar-refractivity contribution >= 4 is 0 Å². The summed E-state index contributed by atoms with van der Waals surface area (Å²) in [5.74, 6) is 0. The number of aliphatic hydroxyl groups excluding tert-OH is 1. The van der Waals surface area contributed by atoms with Crippen molar-refractivity contribution in [2.75, 3.05) is 0 Å². The predicted molar refractivity (Wildman–Crippen MR) is 50.6 cm³/mol. The lowest BCUT2D eigenvalue weighted by Gasteiger charge is -2.19. The minimum atomic E-state index is -0.155. The highest BCUT2D eigenvalue weighted by Crippen LogP contribution is 2.23. The SMILES string of the molecule is CC(C)n1ncc2c1CCC(O)C2. The predicted octanol–water partition coefficient (Wildman–Crippen LogP) is 1.31. The molecule has 1 N–H and O–H groups in total. The number of aromatic nitrogens is 2. The minimum Gasteiger partial charge on any atom is -0.393 e. The highest BCUT2D eigenvalue weighted by molar-refractivity contribution is 5.22. The molecule has 0 aromatic carbocycles. The molecule has 13 heavy (non-hydrogen) atoms. The smallest absolute Gasteiger partial charge is 0.0585 e. The van der Waals surface area contributed by atoms with Gasteiger partial charge in [-0.1, -0.05) is 0 Å². The zero-order chi connectivity index (χ0) is 9.42. The van der Waals surface area contributed by atoms with Gasteiger partial charge in [0.15, 0.2) is 0 Å². The fourth-order valence-corrected chi connectivity index (χ4v) is 1.97. The number of aliphatic hydroxyl groups is 1. The Bertz CT molecular complexity index is 304. The Labute approximate surface area is 78.4 Å². The lowest BCUT2D eigenvalue weighted by molar-refractivity contribution is 0.157. The molecule has 0 saturated carbocycles. The number of hydrogen-bond acceptors (Lipinski definition) is 2. The number of rotatable bonds is 1. The zero-order valence-electron chi connectivity index (χ0n) is 8.20. The van der Waals surface area contributed by atoms with Crippen molar-refractivity contribution in [1.82, 2.24) is 9.78 Å². The van der Waals surface area contributed by atoms with E-state index < -0.39 is 0 Å². The Morgan fingerprint density at radius 2 is 2.38 bits per heavy atom. The topological polar surface area (TPSA) is 38.0 Å². The molecule has 1 atom stereocenters. The lowest BCUT2D eigenvalue weighted by Crippen LogP contribution is -2.20. The lowest BCUT2D eigenvalue weighted by atomic mass is 9.95. The largest absolute Gasteiger partial charge is 0.393 e. The fourth-order valence-electron chi connectivity index (χ4n) is 1.97. The van der Waals surface area contributed by atoms with Crippen LogP contribution in [0.2, 0.25) is 0 Å². The van der Waals surface area contributed by atoms with Crippen molar-refractivity contribution in [3.8, 4) is 0 Å². The third-order valence-corrected chi connectivity index (χ3v) is 2.64. The van der Waals surface area contributed by atoms with Crippen LogP contribution in [0.3, 0.4) is 0 Å². The number of nitrogens with zero attached hydrogens (tertiary/aromatic N) is 2. The summed E-state index contributed by atoms with van der Waals surface area (Å²) in [5.41, 5.74) is 2.55. The van der Waals surface area contributed by atoms with Crippen LogP contribution in [0, 0.1) is 0 Å². The van der Waals surface area contributed by atoms with E-state index in [1.165, 1.54) is 11.3 Å². The van der Waals surface area contributed by atoms with Gasteiger partial charge in [0, 0.05) is 18.2 Å². The third kappa shape index (κ3) is 1.48. The molecule has 0 radical (unpaired) electrons. The maximum absolute atomic E-state index is 9.47. The van der Waals surface area contributed by atoms with E-state index in [0.717, 1.165) is 19.3 Å². The number of hydrogen-bond donors (Lipinski definition) is 1. The Kier molecular flexibility index (Phi) is 2.12. The van der Waals surface area contributed by atoms with E-state index in [0.29, 0.717) is 6.04 Å². The van der Waals surface area contributed by atoms with Gasteiger partial charge in [0.25, 0.3) is 0 Å². The highest BCUT2D eigenvalue weighted by Gasteiger charge is 2.21. The summed E-state index contributed by atoms with van der Waals surface area (Å²) in [7, 11) is 0. The van der Waals surface area contributed by atoms with Crippen LogP contribution in [-0.2, 0) is 12.8 Å². The minimum absolute atomic E-state index is 0.155. The van der Waals surface area contributed by atoms with Crippen molar-refractivity contribution in [3.05, 3.63) is 17.5 Å². The summed E-state index contributed by atoms with van der Waals surface area (Å²) in [6.45, 7) is 4.27. The molecule has 3 nitrogen and oxygen atoms in total. The molecule has 0 bridgehead atoms. The molecule has 0 saturated heterocycles. The Morgan fingerprint density at radius 1 is 1.62 bits per heavy atom. The molecule has 1 aromatic heterocycles. The van der Waals surface area contributed by atoms with Crippen LogP contribution < -0.4 is 0 Å². The summed E-state index contributed by atoms with van der Waals surface area (Å²) in [6.07, 6.45) is 4.37. The number of fused-ring (bicyclic) bond motifs is 1. The summed E-state index contributed by atoms with van der Waals surface area (Å²) < 4.78 is 2.07. The van der Waals surface area contributed by atoms with Gasteiger partial charge in [0.1, 0.15) is 0 Å². The summed E-state index contributed by atoms with van der Waals surface area (Å²) in [5, 5.41) is 13.8. The van der Waals surface area contributed by atoms with Gasteiger partial charge in [-0.05, 0) is 32.3 Å². The molecule has 0 aliphatic heterocycles. The van der Waals surface area contributed by atoms with Gasteiger partial charge in [-0.3, -0.25) is 4.68 Å². The molecule has 72 valence electrons. The van der Waals surface area contributed by atoms with Crippen molar-refractivity contribution in [1.29, 1.82) is 0 Å². The molecule has 0 fully saturated rings. The normalized spacial score (nSPS) is 22.0. The van der Waals surface area contributed by atoms with Gasteiger partial charge in [0.2, 0.25) is 0 Å². The van der Waals surface area contributed by atoms with Gasteiger partial charge in [-0.2, -0.15) is 5.10 Å². The summed E-state index contributed by atoms with van der Waals surface area (Å²) in [6, 6.07) is 0.430. The molecule has 1 aromatic rings. The van der Waals surface area contributed by atoms with E-state index in [1.807, 2.05) is 6.20 Å². The van der Waals surface area contributed by atoms with E-state index in [4.69, 9.17) is 0 Å². The molecular weight excluding hydrogens is 164 g/mol. The molecule has 1 heterocycles. The van der Waals surface area contributed by atoms with Crippen LogP contribution in [-0.4, -0.2) is 21.0 Å². The van der Waals surface area contributed by atoms with Crippen molar-refractivity contribution in [3.63, 3.8) is 0 Å². The second kappa shape index (κ2) is 3.14. The van der Waals surface area contributed by atoms with Crippen molar-refractivity contribution < 1.29 is 5.11 Å². The molecule has 1 aliphatic carbocycles. The molecular formula is C10H16N2O. The van der Waals surface area contributed by atoms with E-state index in [-0.39, 0.29) is 6.10 Å². The molecule has 0 spiro atoms. The van der Waals surface area contributed by atoms with Crippen LogP contribution in [0.4, 0.5) is 0 Å². The van der Waals surface area contributed by atoms with Gasteiger partial charge in [0.05, 0.1) is 12.3 Å². The van der Waals surface area contributed by atoms with E-state index in [1.54, 1.807) is 0 Å². The second-order valence-electron chi connectivity index (χ2n) is 4.05. The van der Waals surface area contributed by atoms with Gasteiger partial charge < -0.3 is 5.11 Å². The van der Waals surface area contributed by atoms with Crippen LogP contribution in [0.25, 0.3) is 0 Å². The van der Waals surface area contributed by atoms with Crippen LogP contribution in [0.1, 0.15) is 37.6 Å². The van der Waals surface area contributed by atoms with Gasteiger partial charge in [-0.15, -0.1) is 0 Å². The van der Waals surface area contributed by atoms with E-state index in [9.17, 15) is 5.11 Å². The van der Waals surface area contributed by atoms with Crippen LogP contribution in [0.15, 0.2) is 6.20 Å². The first kappa shape index (κ1) is 8.75. The maximum Gasteiger partial charge on any atom is 0.0585 e. The summed E-state index contributed by atoms with van der Waals surface area (Å²) in [4.78, 5) is 0. The van der Waals surface area contributed by atoms with Crippen molar-refractivity contribution in [2.24, 2.45) is 0 Å². The van der Waals surface area contributed by atoms with E-state index >= 15 is 0 Å². The maximum atomic E-state index is 9.47. The molecule has 3 heteroatoms. The Morgan fingerprint density at radius 3 is 3.08 bits per heavy atom. The monoisotopic (exact) mass is 180 g/mol. The second-order valence-corrected chi connectivity index (χ2v) is 4.05. The van der Waals surface area contributed by atoms with Crippen LogP contribution >= 0.6 is 0 Å². The standard InChI is InChI=1S/C10H16N2O/c1-7(2)12-10-4-3-9(13)5-8(10)6-11-12/h6-7,9,13H,3-5H2,1-2H3. The first-order valence-electron chi connectivity index (χ1n) is 4.92.